The molecule has 1 aliphatic rings. The van der Waals surface area contributed by atoms with Crippen molar-refractivity contribution in [1.29, 1.82) is 0 Å². The fourth-order valence-corrected chi connectivity index (χ4v) is 2.36. The van der Waals surface area contributed by atoms with E-state index in [1.807, 2.05) is 0 Å². The maximum absolute atomic E-state index is 3.60. The van der Waals surface area contributed by atoms with Gasteiger partial charge in [0.1, 0.15) is 0 Å². The predicted molar refractivity (Wildman–Crippen MR) is 68.1 cm³/mol. The van der Waals surface area contributed by atoms with Crippen LogP contribution in [0.1, 0.15) is 65.2 Å². The van der Waals surface area contributed by atoms with Crippen molar-refractivity contribution < 1.29 is 0 Å². The molecule has 1 rings (SSSR count). The quantitative estimate of drug-likeness (QED) is 0.539. The molecule has 1 saturated carbocycles. The largest absolute Gasteiger partial charge is 0.316 e. The average molecular weight is 211 g/mol. The maximum Gasteiger partial charge on any atom is -0.00178 e. The zero-order chi connectivity index (χ0) is 10.9. The Morgan fingerprint density at radius 1 is 0.933 bits per heavy atom. The van der Waals surface area contributed by atoms with Crippen molar-refractivity contribution >= 4 is 0 Å². The van der Waals surface area contributed by atoms with Crippen molar-refractivity contribution in [2.45, 2.75) is 65.2 Å². The van der Waals surface area contributed by atoms with Crippen LogP contribution in [-0.2, 0) is 0 Å². The van der Waals surface area contributed by atoms with Gasteiger partial charge in [-0.05, 0) is 37.8 Å². The average Bonchev–Trinajstić information content (AvgIpc) is 2.97. The molecule has 2 unspecified atom stereocenters. The summed E-state index contributed by atoms with van der Waals surface area (Å²) < 4.78 is 0. The molecule has 0 aromatic heterocycles. The van der Waals surface area contributed by atoms with E-state index in [1.54, 1.807) is 0 Å². The summed E-state index contributed by atoms with van der Waals surface area (Å²) in [6.45, 7) is 7.09. The molecule has 0 bridgehead atoms. The van der Waals surface area contributed by atoms with Gasteiger partial charge >= 0.3 is 0 Å². The molecule has 0 radical (unpaired) electrons. The first-order valence-corrected chi connectivity index (χ1v) is 7.09. The molecule has 0 heterocycles. The Balaban J connectivity index is 1.80. The lowest BCUT2D eigenvalue weighted by molar-refractivity contribution is 0.538. The molecule has 0 spiro atoms. The molecule has 2 atom stereocenters. The number of rotatable bonds is 10. The molecule has 15 heavy (non-hydrogen) atoms. The van der Waals surface area contributed by atoms with Gasteiger partial charge in [0.2, 0.25) is 0 Å². The predicted octanol–water partition coefficient (Wildman–Crippen LogP) is 3.98. The Labute approximate surface area is 96.0 Å². The van der Waals surface area contributed by atoms with Crippen molar-refractivity contribution in [2.24, 2.45) is 11.8 Å². The second-order valence-corrected chi connectivity index (χ2v) is 5.16. The van der Waals surface area contributed by atoms with Crippen LogP contribution < -0.4 is 5.32 Å². The lowest BCUT2D eigenvalue weighted by atomic mass is 10.1. The number of unbranched alkanes of at least 4 members (excludes halogenated alkanes) is 4. The summed E-state index contributed by atoms with van der Waals surface area (Å²) >= 11 is 0. The minimum absolute atomic E-state index is 1.03. The number of hydrogen-bond donors (Lipinski definition) is 1. The Morgan fingerprint density at radius 2 is 1.67 bits per heavy atom. The van der Waals surface area contributed by atoms with Crippen LogP contribution in [-0.4, -0.2) is 13.1 Å². The van der Waals surface area contributed by atoms with E-state index in [4.69, 9.17) is 0 Å². The molecule has 1 heteroatoms. The molecule has 1 aliphatic carbocycles. The molecule has 0 aromatic rings. The Morgan fingerprint density at radius 3 is 2.40 bits per heavy atom. The molecule has 0 aliphatic heterocycles. The molecular weight excluding hydrogens is 182 g/mol. The minimum Gasteiger partial charge on any atom is -0.316 e. The highest BCUT2D eigenvalue weighted by molar-refractivity contribution is 4.87. The van der Waals surface area contributed by atoms with Gasteiger partial charge < -0.3 is 5.32 Å². The zero-order valence-electron chi connectivity index (χ0n) is 10.7. The first-order valence-electron chi connectivity index (χ1n) is 7.09. The van der Waals surface area contributed by atoms with Gasteiger partial charge in [-0.2, -0.15) is 0 Å². The second-order valence-electron chi connectivity index (χ2n) is 5.16. The molecule has 90 valence electrons. The van der Waals surface area contributed by atoms with Gasteiger partial charge in [-0.1, -0.05) is 52.4 Å². The van der Waals surface area contributed by atoms with Crippen molar-refractivity contribution in [3.8, 4) is 0 Å². The van der Waals surface area contributed by atoms with E-state index in [0.29, 0.717) is 0 Å². The third kappa shape index (κ3) is 6.19. The lowest BCUT2D eigenvalue weighted by Gasteiger charge is -2.03. The van der Waals surface area contributed by atoms with E-state index in [0.717, 1.165) is 11.8 Å². The number of hydrogen-bond acceptors (Lipinski definition) is 1. The summed E-state index contributed by atoms with van der Waals surface area (Å²) in [5.74, 6) is 2.11. The fraction of sp³-hybridized carbons (Fsp3) is 1.00. The van der Waals surface area contributed by atoms with E-state index >= 15 is 0 Å². The van der Waals surface area contributed by atoms with E-state index in [2.05, 4.69) is 19.2 Å². The summed E-state index contributed by atoms with van der Waals surface area (Å²) in [7, 11) is 0. The third-order valence-corrected chi connectivity index (χ3v) is 3.61. The van der Waals surface area contributed by atoms with E-state index in [9.17, 15) is 0 Å². The highest BCUT2D eigenvalue weighted by atomic mass is 14.9. The summed E-state index contributed by atoms with van der Waals surface area (Å²) in [6.07, 6.45) is 11.4. The van der Waals surface area contributed by atoms with Crippen LogP contribution in [0.4, 0.5) is 0 Å². The van der Waals surface area contributed by atoms with Gasteiger partial charge in [0, 0.05) is 0 Å². The Hall–Kier alpha value is -0.0400. The molecule has 1 fully saturated rings. The monoisotopic (exact) mass is 211 g/mol. The van der Waals surface area contributed by atoms with Crippen molar-refractivity contribution in [3.63, 3.8) is 0 Å². The normalized spacial score (nSPS) is 24.4. The van der Waals surface area contributed by atoms with Crippen LogP contribution in [0.15, 0.2) is 0 Å². The van der Waals surface area contributed by atoms with Gasteiger partial charge in [-0.15, -0.1) is 0 Å². The van der Waals surface area contributed by atoms with Gasteiger partial charge in [0.15, 0.2) is 0 Å². The molecule has 0 amide bonds. The van der Waals surface area contributed by atoms with Crippen LogP contribution in [0.3, 0.4) is 0 Å². The minimum atomic E-state index is 1.03. The summed E-state index contributed by atoms with van der Waals surface area (Å²) in [6, 6.07) is 0. The van der Waals surface area contributed by atoms with Crippen LogP contribution in [0.25, 0.3) is 0 Å². The van der Waals surface area contributed by atoms with Crippen molar-refractivity contribution in [1.82, 2.24) is 5.32 Å². The molecule has 0 aromatic carbocycles. The molecular formula is C14H29N. The lowest BCUT2D eigenvalue weighted by Crippen LogP contribution is -2.18. The molecule has 1 nitrogen and oxygen atoms in total. The first kappa shape index (κ1) is 13.0. The standard InChI is InChI=1S/C14H29N/c1-3-5-7-9-13-11-14(13)12-15-10-8-6-4-2/h13-15H,3-12H2,1-2H3. The van der Waals surface area contributed by atoms with Crippen molar-refractivity contribution in [2.75, 3.05) is 13.1 Å². The third-order valence-electron chi connectivity index (χ3n) is 3.61. The topological polar surface area (TPSA) is 12.0 Å². The van der Waals surface area contributed by atoms with Crippen LogP contribution in [0.5, 0.6) is 0 Å². The van der Waals surface area contributed by atoms with Crippen molar-refractivity contribution in [3.05, 3.63) is 0 Å². The number of nitrogens with one attached hydrogen (secondary N) is 1. The summed E-state index contributed by atoms with van der Waals surface area (Å²) in [4.78, 5) is 0. The highest BCUT2D eigenvalue weighted by Crippen LogP contribution is 2.41. The van der Waals surface area contributed by atoms with Crippen LogP contribution in [0, 0.1) is 11.8 Å². The Bertz CT molecular complexity index is 144. The van der Waals surface area contributed by atoms with Gasteiger partial charge in [-0.25, -0.2) is 0 Å². The van der Waals surface area contributed by atoms with E-state index < -0.39 is 0 Å². The fourth-order valence-electron chi connectivity index (χ4n) is 2.36. The van der Waals surface area contributed by atoms with Gasteiger partial charge in [0.25, 0.3) is 0 Å². The van der Waals surface area contributed by atoms with Crippen LogP contribution >= 0.6 is 0 Å². The summed E-state index contributed by atoms with van der Waals surface area (Å²) in [5.41, 5.74) is 0. The summed E-state index contributed by atoms with van der Waals surface area (Å²) in [5, 5.41) is 3.60. The highest BCUT2D eigenvalue weighted by Gasteiger charge is 2.35. The van der Waals surface area contributed by atoms with Crippen LogP contribution in [0.2, 0.25) is 0 Å². The Kier molecular flexibility index (Phi) is 7.08. The SMILES string of the molecule is CCCCCNCC1CC1CCCCC. The molecule has 1 N–H and O–H groups in total. The van der Waals surface area contributed by atoms with E-state index in [-0.39, 0.29) is 0 Å². The second kappa shape index (κ2) is 8.15. The van der Waals surface area contributed by atoms with Gasteiger partial charge in [-0.3, -0.25) is 0 Å². The van der Waals surface area contributed by atoms with E-state index in [1.165, 1.54) is 64.5 Å². The zero-order valence-corrected chi connectivity index (χ0v) is 10.7. The smallest absolute Gasteiger partial charge is 0.00178 e. The molecule has 0 saturated heterocycles. The first-order chi connectivity index (χ1) is 7.38. The maximum atomic E-state index is 3.60. The van der Waals surface area contributed by atoms with Gasteiger partial charge in [0.05, 0.1) is 0 Å².